The molecule has 0 aromatic heterocycles. The zero-order valence-corrected chi connectivity index (χ0v) is 11.9. The van der Waals surface area contributed by atoms with Gasteiger partial charge in [0.05, 0.1) is 10.9 Å². The molecule has 1 aromatic rings. The predicted octanol–water partition coefficient (Wildman–Crippen LogP) is 4.99. The lowest BCUT2D eigenvalue weighted by Crippen LogP contribution is -2.19. The Hall–Kier alpha value is -0.440. The Bertz CT molecular complexity index is 414. The minimum Gasteiger partial charge on any atom is -0.425 e. The van der Waals surface area contributed by atoms with Crippen molar-refractivity contribution in [3.8, 4) is 5.75 Å². The number of hydrogen-bond acceptors (Lipinski definition) is 2. The lowest BCUT2D eigenvalue weighted by molar-refractivity contribution is -0.139. The molecule has 2 nitrogen and oxygen atoms in total. The van der Waals surface area contributed by atoms with Crippen molar-refractivity contribution >= 4 is 40.8 Å². The molecule has 0 aliphatic rings. The Labute approximate surface area is 116 Å². The molecule has 1 rings (SSSR count). The van der Waals surface area contributed by atoms with Crippen molar-refractivity contribution in [2.75, 3.05) is 0 Å². The van der Waals surface area contributed by atoms with E-state index in [1.165, 1.54) is 12.1 Å². The van der Waals surface area contributed by atoms with Gasteiger partial charge >= 0.3 is 5.97 Å². The van der Waals surface area contributed by atoms with E-state index in [-0.39, 0.29) is 27.7 Å². The van der Waals surface area contributed by atoms with Gasteiger partial charge < -0.3 is 4.74 Å². The molecule has 5 heteroatoms. The summed E-state index contributed by atoms with van der Waals surface area (Å²) in [4.78, 5) is 11.8. The minimum absolute atomic E-state index is 0.135. The van der Waals surface area contributed by atoms with E-state index in [0.29, 0.717) is 5.02 Å². The Morgan fingerprint density at radius 3 is 2.35 bits per heavy atom. The number of esters is 1. The molecule has 0 amide bonds. The SMILES string of the molecule is CCC(CC)C(=O)Oc1cc(Cl)cc(Cl)c1Cl. The van der Waals surface area contributed by atoms with Crippen LogP contribution >= 0.6 is 34.8 Å². The molecule has 0 N–H and O–H groups in total. The first-order chi connectivity index (χ1) is 7.99. The molecule has 0 unspecified atom stereocenters. The van der Waals surface area contributed by atoms with E-state index in [1.54, 1.807) is 0 Å². The van der Waals surface area contributed by atoms with Gasteiger partial charge in [-0.2, -0.15) is 0 Å². The summed E-state index contributed by atoms with van der Waals surface area (Å²) < 4.78 is 5.21. The van der Waals surface area contributed by atoms with Gasteiger partial charge in [0.1, 0.15) is 5.02 Å². The molecular weight excluding hydrogens is 282 g/mol. The van der Waals surface area contributed by atoms with Gasteiger partial charge in [0.2, 0.25) is 0 Å². The van der Waals surface area contributed by atoms with Gasteiger partial charge in [-0.05, 0) is 18.9 Å². The van der Waals surface area contributed by atoms with Crippen LogP contribution < -0.4 is 4.74 Å². The fourth-order valence-electron chi connectivity index (χ4n) is 1.42. The Kier molecular flexibility index (Phi) is 5.57. The summed E-state index contributed by atoms with van der Waals surface area (Å²) in [5.74, 6) is -0.236. The molecule has 0 saturated heterocycles. The van der Waals surface area contributed by atoms with Gasteiger partial charge in [-0.15, -0.1) is 0 Å². The number of rotatable bonds is 4. The second-order valence-corrected chi connectivity index (χ2v) is 4.86. The second-order valence-electron chi connectivity index (χ2n) is 3.63. The highest BCUT2D eigenvalue weighted by Crippen LogP contribution is 2.35. The third-order valence-corrected chi connectivity index (χ3v) is 3.49. The fraction of sp³-hybridized carbons (Fsp3) is 0.417. The van der Waals surface area contributed by atoms with E-state index >= 15 is 0 Å². The normalized spacial score (nSPS) is 10.7. The zero-order valence-electron chi connectivity index (χ0n) is 9.60. The van der Waals surface area contributed by atoms with Crippen LogP contribution in [-0.4, -0.2) is 5.97 Å². The average molecular weight is 296 g/mol. The maximum Gasteiger partial charge on any atom is 0.314 e. The third kappa shape index (κ3) is 3.77. The molecule has 17 heavy (non-hydrogen) atoms. The fourth-order valence-corrected chi connectivity index (χ4v) is 2.04. The molecule has 0 saturated carbocycles. The lowest BCUT2D eigenvalue weighted by atomic mass is 10.0. The first-order valence-electron chi connectivity index (χ1n) is 5.35. The summed E-state index contributed by atoms with van der Waals surface area (Å²) in [6.45, 7) is 3.87. The summed E-state index contributed by atoms with van der Waals surface area (Å²) in [6, 6.07) is 2.98. The van der Waals surface area contributed by atoms with Crippen molar-refractivity contribution in [3.05, 3.63) is 27.2 Å². The monoisotopic (exact) mass is 294 g/mol. The standard InChI is InChI=1S/C12H13Cl3O2/c1-3-7(4-2)12(16)17-10-6-8(13)5-9(14)11(10)15/h5-7H,3-4H2,1-2H3. The smallest absolute Gasteiger partial charge is 0.314 e. The summed E-state index contributed by atoms with van der Waals surface area (Å²) in [7, 11) is 0. The molecular formula is C12H13Cl3O2. The first-order valence-corrected chi connectivity index (χ1v) is 6.49. The van der Waals surface area contributed by atoms with Gasteiger partial charge in [-0.25, -0.2) is 0 Å². The number of benzene rings is 1. The molecule has 0 spiro atoms. The van der Waals surface area contributed by atoms with Crippen molar-refractivity contribution in [2.45, 2.75) is 26.7 Å². The molecule has 0 aliphatic heterocycles. The van der Waals surface area contributed by atoms with Crippen LogP contribution in [0.2, 0.25) is 15.1 Å². The van der Waals surface area contributed by atoms with Crippen LogP contribution in [0.3, 0.4) is 0 Å². The molecule has 0 heterocycles. The molecule has 0 fully saturated rings. The zero-order chi connectivity index (χ0) is 13.0. The van der Waals surface area contributed by atoms with Crippen LogP contribution in [-0.2, 0) is 4.79 Å². The predicted molar refractivity (Wildman–Crippen MR) is 71.2 cm³/mol. The lowest BCUT2D eigenvalue weighted by Gasteiger charge is -2.13. The van der Waals surface area contributed by atoms with E-state index in [9.17, 15) is 4.79 Å². The van der Waals surface area contributed by atoms with Crippen molar-refractivity contribution < 1.29 is 9.53 Å². The van der Waals surface area contributed by atoms with E-state index in [1.807, 2.05) is 13.8 Å². The van der Waals surface area contributed by atoms with Gasteiger partial charge in [-0.1, -0.05) is 48.7 Å². The highest BCUT2D eigenvalue weighted by atomic mass is 35.5. The summed E-state index contributed by atoms with van der Waals surface area (Å²) >= 11 is 17.6. The number of ether oxygens (including phenoxy) is 1. The van der Waals surface area contributed by atoms with Crippen LogP contribution in [0.5, 0.6) is 5.75 Å². The van der Waals surface area contributed by atoms with Gasteiger partial charge in [0, 0.05) is 11.1 Å². The minimum atomic E-state index is -0.310. The van der Waals surface area contributed by atoms with Crippen molar-refractivity contribution in [1.82, 2.24) is 0 Å². The molecule has 0 atom stereocenters. The van der Waals surface area contributed by atoms with E-state index in [0.717, 1.165) is 12.8 Å². The van der Waals surface area contributed by atoms with Crippen molar-refractivity contribution in [2.24, 2.45) is 5.92 Å². The molecule has 94 valence electrons. The maximum absolute atomic E-state index is 11.8. The van der Waals surface area contributed by atoms with Crippen LogP contribution in [0.4, 0.5) is 0 Å². The van der Waals surface area contributed by atoms with Crippen molar-refractivity contribution in [1.29, 1.82) is 0 Å². The van der Waals surface area contributed by atoms with Gasteiger partial charge in [-0.3, -0.25) is 4.79 Å². The van der Waals surface area contributed by atoms with Gasteiger partial charge in [0.25, 0.3) is 0 Å². The summed E-state index contributed by atoms with van der Waals surface area (Å²) in [6.07, 6.45) is 1.45. The first kappa shape index (κ1) is 14.6. The van der Waals surface area contributed by atoms with Crippen LogP contribution in [0, 0.1) is 5.92 Å². The highest BCUT2D eigenvalue weighted by molar-refractivity contribution is 6.44. The Morgan fingerprint density at radius 2 is 1.82 bits per heavy atom. The topological polar surface area (TPSA) is 26.3 Å². The van der Waals surface area contributed by atoms with Crippen LogP contribution in [0.1, 0.15) is 26.7 Å². The summed E-state index contributed by atoms with van der Waals surface area (Å²) in [5.41, 5.74) is 0. The van der Waals surface area contributed by atoms with E-state index in [4.69, 9.17) is 39.5 Å². The number of halogens is 3. The third-order valence-electron chi connectivity index (χ3n) is 2.49. The van der Waals surface area contributed by atoms with E-state index < -0.39 is 0 Å². The van der Waals surface area contributed by atoms with Crippen molar-refractivity contribution in [3.63, 3.8) is 0 Å². The molecule has 0 bridgehead atoms. The number of carbonyl (C=O) groups excluding carboxylic acids is 1. The average Bonchev–Trinajstić information content (AvgIpc) is 2.27. The maximum atomic E-state index is 11.8. The largest absolute Gasteiger partial charge is 0.425 e. The Balaban J connectivity index is 2.92. The second kappa shape index (κ2) is 6.48. The molecule has 0 aliphatic carbocycles. The molecule has 1 aromatic carbocycles. The molecule has 0 radical (unpaired) electrons. The van der Waals surface area contributed by atoms with Crippen LogP contribution in [0.15, 0.2) is 12.1 Å². The summed E-state index contributed by atoms with van der Waals surface area (Å²) in [5, 5.41) is 0.855. The van der Waals surface area contributed by atoms with Gasteiger partial charge in [0.15, 0.2) is 5.75 Å². The number of carbonyl (C=O) groups is 1. The Morgan fingerprint density at radius 1 is 1.24 bits per heavy atom. The number of hydrogen-bond donors (Lipinski definition) is 0. The highest BCUT2D eigenvalue weighted by Gasteiger charge is 2.19. The van der Waals surface area contributed by atoms with E-state index in [2.05, 4.69) is 0 Å². The quantitative estimate of drug-likeness (QED) is 0.444. The van der Waals surface area contributed by atoms with Crippen LogP contribution in [0.25, 0.3) is 0 Å².